The van der Waals surface area contributed by atoms with Crippen molar-refractivity contribution in [1.82, 2.24) is 15.2 Å². The smallest absolute Gasteiger partial charge is 0.417 e. The second-order valence-corrected chi connectivity index (χ2v) is 6.36. The Labute approximate surface area is 160 Å². The zero-order valence-corrected chi connectivity index (χ0v) is 15.2. The number of likely N-dealkylation sites (tertiary alicyclic amines) is 1. The maximum absolute atomic E-state index is 12.5. The first-order chi connectivity index (χ1) is 13.3. The second kappa shape index (κ2) is 8.37. The standard InChI is InChI=1S/C19H20F3N3O3/c1-27-15-5-2-13(3-6-15)8-9-23-18(26)25-11-16(12-25)28-17-7-4-14(10-24-17)19(20,21)22/h2-7,10,16H,8-9,11-12H2,1H3,(H,23,26). The highest BCUT2D eigenvalue weighted by atomic mass is 19.4. The number of aromatic nitrogens is 1. The van der Waals surface area contributed by atoms with E-state index in [1.54, 1.807) is 12.0 Å². The van der Waals surface area contributed by atoms with Crippen molar-refractivity contribution in [2.75, 3.05) is 26.7 Å². The van der Waals surface area contributed by atoms with Crippen molar-refractivity contribution in [3.8, 4) is 11.6 Å². The van der Waals surface area contributed by atoms with E-state index >= 15 is 0 Å². The largest absolute Gasteiger partial charge is 0.497 e. The minimum atomic E-state index is -4.43. The second-order valence-electron chi connectivity index (χ2n) is 6.36. The van der Waals surface area contributed by atoms with Gasteiger partial charge in [0.1, 0.15) is 11.9 Å². The van der Waals surface area contributed by atoms with Crippen LogP contribution in [0.15, 0.2) is 42.6 Å². The number of rotatable bonds is 6. The number of nitrogens with one attached hydrogen (secondary N) is 1. The molecule has 0 unspecified atom stereocenters. The van der Waals surface area contributed by atoms with E-state index in [2.05, 4.69) is 10.3 Å². The number of ether oxygens (including phenoxy) is 2. The van der Waals surface area contributed by atoms with Crippen LogP contribution in [-0.4, -0.2) is 48.8 Å². The van der Waals surface area contributed by atoms with E-state index < -0.39 is 11.7 Å². The highest BCUT2D eigenvalue weighted by Crippen LogP contribution is 2.29. The van der Waals surface area contributed by atoms with E-state index in [0.717, 1.165) is 23.6 Å². The van der Waals surface area contributed by atoms with Gasteiger partial charge < -0.3 is 19.7 Å². The average Bonchev–Trinajstić information content (AvgIpc) is 2.64. The first-order valence-electron chi connectivity index (χ1n) is 8.71. The molecule has 2 heterocycles. The lowest BCUT2D eigenvalue weighted by Gasteiger charge is -2.38. The zero-order chi connectivity index (χ0) is 20.1. The van der Waals surface area contributed by atoms with Crippen LogP contribution in [0.1, 0.15) is 11.1 Å². The molecule has 1 aromatic carbocycles. The average molecular weight is 395 g/mol. The molecule has 6 nitrogen and oxygen atoms in total. The van der Waals surface area contributed by atoms with Crippen LogP contribution in [-0.2, 0) is 12.6 Å². The first kappa shape index (κ1) is 19.8. The van der Waals surface area contributed by atoms with Gasteiger partial charge >= 0.3 is 12.2 Å². The van der Waals surface area contributed by atoms with Crippen LogP contribution in [0.25, 0.3) is 0 Å². The van der Waals surface area contributed by atoms with Gasteiger partial charge in [0, 0.05) is 18.8 Å². The monoisotopic (exact) mass is 395 g/mol. The summed E-state index contributed by atoms with van der Waals surface area (Å²) in [6.45, 7) is 1.21. The van der Waals surface area contributed by atoms with Crippen molar-refractivity contribution in [2.45, 2.75) is 18.7 Å². The lowest BCUT2D eigenvalue weighted by Crippen LogP contribution is -2.59. The number of hydrogen-bond acceptors (Lipinski definition) is 4. The fourth-order valence-electron chi connectivity index (χ4n) is 2.68. The third-order valence-corrected chi connectivity index (χ3v) is 4.34. The van der Waals surface area contributed by atoms with Gasteiger partial charge in [0.2, 0.25) is 5.88 Å². The Hall–Kier alpha value is -2.97. The Morgan fingerprint density at radius 1 is 1.21 bits per heavy atom. The molecule has 2 amide bonds. The predicted octanol–water partition coefficient (Wildman–Crippen LogP) is 3.12. The molecule has 0 saturated carbocycles. The summed E-state index contributed by atoms with van der Waals surface area (Å²) in [5.41, 5.74) is 0.255. The lowest BCUT2D eigenvalue weighted by molar-refractivity contribution is -0.137. The number of nitrogens with zero attached hydrogens (tertiary/aromatic N) is 2. The van der Waals surface area contributed by atoms with Crippen molar-refractivity contribution in [3.63, 3.8) is 0 Å². The molecular weight excluding hydrogens is 375 g/mol. The van der Waals surface area contributed by atoms with E-state index in [4.69, 9.17) is 9.47 Å². The summed E-state index contributed by atoms with van der Waals surface area (Å²) in [5, 5.41) is 2.83. The minimum Gasteiger partial charge on any atom is -0.497 e. The molecule has 1 aliphatic heterocycles. The van der Waals surface area contributed by atoms with Crippen LogP contribution in [0.2, 0.25) is 0 Å². The molecule has 9 heteroatoms. The molecule has 0 aliphatic carbocycles. The summed E-state index contributed by atoms with van der Waals surface area (Å²) in [4.78, 5) is 17.3. The minimum absolute atomic E-state index is 0.109. The van der Waals surface area contributed by atoms with E-state index in [1.807, 2.05) is 24.3 Å². The Kier molecular flexibility index (Phi) is 5.91. The molecule has 0 radical (unpaired) electrons. The number of urea groups is 1. The molecule has 0 bridgehead atoms. The van der Waals surface area contributed by atoms with Gasteiger partial charge in [-0.3, -0.25) is 0 Å². The van der Waals surface area contributed by atoms with Gasteiger partial charge in [-0.05, 0) is 30.2 Å². The quantitative estimate of drug-likeness (QED) is 0.816. The topological polar surface area (TPSA) is 63.7 Å². The van der Waals surface area contributed by atoms with Gasteiger partial charge in [-0.2, -0.15) is 13.2 Å². The fourth-order valence-corrected chi connectivity index (χ4v) is 2.68. The molecule has 1 aliphatic rings. The van der Waals surface area contributed by atoms with Crippen LogP contribution in [0.4, 0.5) is 18.0 Å². The van der Waals surface area contributed by atoms with Gasteiger partial charge in [-0.25, -0.2) is 9.78 Å². The Morgan fingerprint density at radius 3 is 2.50 bits per heavy atom. The number of amides is 2. The van der Waals surface area contributed by atoms with E-state index in [-0.39, 0.29) is 18.0 Å². The summed E-state index contributed by atoms with van der Waals surface area (Å²) in [7, 11) is 1.60. The lowest BCUT2D eigenvalue weighted by atomic mass is 10.1. The molecule has 1 aromatic heterocycles. The fraction of sp³-hybridized carbons (Fsp3) is 0.368. The highest BCUT2D eigenvalue weighted by molar-refractivity contribution is 5.75. The summed E-state index contributed by atoms with van der Waals surface area (Å²) >= 11 is 0. The number of pyridine rings is 1. The number of benzene rings is 1. The Bertz CT molecular complexity index is 789. The zero-order valence-electron chi connectivity index (χ0n) is 15.2. The number of halogens is 3. The molecule has 2 aromatic rings. The van der Waals surface area contributed by atoms with E-state index in [9.17, 15) is 18.0 Å². The molecule has 0 spiro atoms. The van der Waals surface area contributed by atoms with Crippen LogP contribution < -0.4 is 14.8 Å². The molecule has 0 atom stereocenters. The first-order valence-corrected chi connectivity index (χ1v) is 8.71. The summed E-state index contributed by atoms with van der Waals surface area (Å²) in [6, 6.07) is 9.51. The third-order valence-electron chi connectivity index (χ3n) is 4.34. The van der Waals surface area contributed by atoms with Gasteiger partial charge in [0.15, 0.2) is 0 Å². The Morgan fingerprint density at radius 2 is 1.93 bits per heavy atom. The van der Waals surface area contributed by atoms with Gasteiger partial charge in [-0.1, -0.05) is 12.1 Å². The number of hydrogen-bond donors (Lipinski definition) is 1. The van der Waals surface area contributed by atoms with E-state index in [1.165, 1.54) is 6.07 Å². The highest BCUT2D eigenvalue weighted by Gasteiger charge is 2.33. The maximum atomic E-state index is 12.5. The number of alkyl halides is 3. The van der Waals surface area contributed by atoms with Gasteiger partial charge in [-0.15, -0.1) is 0 Å². The van der Waals surface area contributed by atoms with Crippen LogP contribution in [0, 0.1) is 0 Å². The van der Waals surface area contributed by atoms with Crippen LogP contribution >= 0.6 is 0 Å². The van der Waals surface area contributed by atoms with Gasteiger partial charge in [0.25, 0.3) is 0 Å². The number of methoxy groups -OCH3 is 1. The van der Waals surface area contributed by atoms with Crippen molar-refractivity contribution >= 4 is 6.03 Å². The summed E-state index contributed by atoms with van der Waals surface area (Å²) < 4.78 is 48.1. The van der Waals surface area contributed by atoms with Crippen LogP contribution in [0.5, 0.6) is 11.6 Å². The summed E-state index contributed by atoms with van der Waals surface area (Å²) in [5.74, 6) is 0.888. The molecule has 28 heavy (non-hydrogen) atoms. The molecule has 1 N–H and O–H groups in total. The SMILES string of the molecule is COc1ccc(CCNC(=O)N2CC(Oc3ccc(C(F)(F)F)cn3)C2)cc1. The van der Waals surface area contributed by atoms with E-state index in [0.29, 0.717) is 26.1 Å². The summed E-state index contributed by atoms with van der Waals surface area (Å²) in [6.07, 6.45) is -3.28. The van der Waals surface area contributed by atoms with Crippen molar-refractivity contribution in [1.29, 1.82) is 0 Å². The maximum Gasteiger partial charge on any atom is 0.417 e. The van der Waals surface area contributed by atoms with Crippen molar-refractivity contribution in [3.05, 3.63) is 53.7 Å². The molecule has 150 valence electrons. The van der Waals surface area contributed by atoms with Crippen LogP contribution in [0.3, 0.4) is 0 Å². The number of carbonyl (C=O) groups is 1. The van der Waals surface area contributed by atoms with Crippen molar-refractivity contribution < 1.29 is 27.4 Å². The molecule has 3 rings (SSSR count). The third kappa shape index (κ3) is 5.05. The predicted molar refractivity (Wildman–Crippen MR) is 95.3 cm³/mol. The van der Waals surface area contributed by atoms with Gasteiger partial charge in [0.05, 0.1) is 25.8 Å². The molecular formula is C19H20F3N3O3. The molecule has 1 saturated heterocycles. The number of carbonyl (C=O) groups excluding carboxylic acids is 1. The normalized spacial score (nSPS) is 14.4. The molecule has 1 fully saturated rings. The Balaban J connectivity index is 1.36. The van der Waals surface area contributed by atoms with Crippen molar-refractivity contribution in [2.24, 2.45) is 0 Å².